The molecule has 1 heterocycles. The Balaban J connectivity index is 2.14. The maximum absolute atomic E-state index is 13.3. The van der Waals surface area contributed by atoms with E-state index in [0.29, 0.717) is 5.33 Å². The highest BCUT2D eigenvalue weighted by Crippen LogP contribution is 2.30. The quantitative estimate of drug-likeness (QED) is 0.707. The number of rotatable bonds is 3. The molecule has 1 aliphatic heterocycles. The van der Waals surface area contributed by atoms with Crippen LogP contribution >= 0.6 is 15.9 Å². The average molecular weight is 328 g/mol. The van der Waals surface area contributed by atoms with Gasteiger partial charge in [0.05, 0.1) is 0 Å². The fourth-order valence-corrected chi connectivity index (χ4v) is 3.45. The van der Waals surface area contributed by atoms with Crippen molar-refractivity contribution in [2.75, 3.05) is 18.0 Å². The maximum atomic E-state index is 13.3. The molecule has 0 aromatic heterocycles. The number of hydrogen-bond donors (Lipinski definition) is 0. The van der Waals surface area contributed by atoms with Crippen LogP contribution in [0.1, 0.15) is 38.7 Å². The van der Waals surface area contributed by atoms with E-state index in [1.54, 1.807) is 12.1 Å². The van der Waals surface area contributed by atoms with Gasteiger partial charge in [0.15, 0.2) is 0 Å². The summed E-state index contributed by atoms with van der Waals surface area (Å²) in [5, 5.41) is 0.713. The summed E-state index contributed by atoms with van der Waals surface area (Å²) < 4.78 is 13.3. The smallest absolute Gasteiger partial charge is 0.123 e. The van der Waals surface area contributed by atoms with Crippen molar-refractivity contribution >= 4 is 21.6 Å². The minimum atomic E-state index is -0.145. The zero-order valence-corrected chi connectivity index (χ0v) is 13.4. The molecule has 1 saturated heterocycles. The zero-order valence-electron chi connectivity index (χ0n) is 11.8. The highest BCUT2D eigenvalue weighted by molar-refractivity contribution is 9.08. The second kappa shape index (κ2) is 6.74. The molecule has 2 rings (SSSR count). The van der Waals surface area contributed by atoms with Gasteiger partial charge >= 0.3 is 0 Å². The molecule has 0 saturated carbocycles. The molecular formula is C16H23BrFN. The Morgan fingerprint density at radius 2 is 2.11 bits per heavy atom. The van der Waals surface area contributed by atoms with Gasteiger partial charge in [-0.2, -0.15) is 0 Å². The molecule has 0 radical (unpaired) electrons. The van der Waals surface area contributed by atoms with E-state index in [2.05, 4.69) is 34.7 Å². The van der Waals surface area contributed by atoms with Crippen molar-refractivity contribution in [1.82, 2.24) is 0 Å². The second-order valence-corrected chi connectivity index (χ2v) is 6.39. The molecule has 1 atom stereocenters. The highest BCUT2D eigenvalue weighted by Gasteiger charge is 2.20. The van der Waals surface area contributed by atoms with Gasteiger partial charge in [-0.1, -0.05) is 29.8 Å². The van der Waals surface area contributed by atoms with Gasteiger partial charge in [0.2, 0.25) is 0 Å². The van der Waals surface area contributed by atoms with Crippen LogP contribution in [0.2, 0.25) is 0 Å². The predicted molar refractivity (Wildman–Crippen MR) is 83.4 cm³/mol. The summed E-state index contributed by atoms with van der Waals surface area (Å²) in [6, 6.07) is 5.16. The lowest BCUT2D eigenvalue weighted by atomic mass is 9.89. The van der Waals surface area contributed by atoms with Crippen LogP contribution in [-0.2, 0) is 5.33 Å². The summed E-state index contributed by atoms with van der Waals surface area (Å²) in [4.78, 5) is 2.43. The zero-order chi connectivity index (χ0) is 13.8. The fraction of sp³-hybridized carbons (Fsp3) is 0.625. The van der Waals surface area contributed by atoms with E-state index in [-0.39, 0.29) is 5.82 Å². The maximum Gasteiger partial charge on any atom is 0.123 e. The van der Waals surface area contributed by atoms with Crippen molar-refractivity contribution in [3.8, 4) is 0 Å². The van der Waals surface area contributed by atoms with Crippen LogP contribution in [0, 0.1) is 17.7 Å². The van der Waals surface area contributed by atoms with Gasteiger partial charge in [-0.25, -0.2) is 4.39 Å². The van der Waals surface area contributed by atoms with Gasteiger partial charge in [0.25, 0.3) is 0 Å². The van der Waals surface area contributed by atoms with Gasteiger partial charge in [0, 0.05) is 24.1 Å². The number of nitrogens with zero attached hydrogens (tertiary/aromatic N) is 1. The Hall–Kier alpha value is -0.570. The number of hydrogen-bond acceptors (Lipinski definition) is 1. The van der Waals surface area contributed by atoms with Crippen LogP contribution in [0.5, 0.6) is 0 Å². The van der Waals surface area contributed by atoms with Gasteiger partial charge in [-0.15, -0.1) is 0 Å². The average Bonchev–Trinajstić information content (AvgIpc) is 2.64. The lowest BCUT2D eigenvalue weighted by Crippen LogP contribution is -2.25. The third-order valence-electron chi connectivity index (χ3n) is 4.24. The molecule has 1 aromatic rings. The van der Waals surface area contributed by atoms with E-state index in [0.717, 1.165) is 30.5 Å². The predicted octanol–water partition coefficient (Wildman–Crippen LogP) is 4.98. The summed E-state index contributed by atoms with van der Waals surface area (Å²) in [5.41, 5.74) is 2.26. The molecular weight excluding hydrogens is 305 g/mol. The SMILES string of the molecule is CC(C)C1CCCN(c2ccc(F)cc2CBr)CC1. The minimum Gasteiger partial charge on any atom is -0.371 e. The monoisotopic (exact) mass is 327 g/mol. The molecule has 1 fully saturated rings. The number of benzene rings is 1. The van der Waals surface area contributed by atoms with Gasteiger partial charge in [-0.3, -0.25) is 0 Å². The Labute approximate surface area is 124 Å². The molecule has 0 N–H and O–H groups in total. The molecule has 3 heteroatoms. The molecule has 1 unspecified atom stereocenters. The van der Waals surface area contributed by atoms with Crippen LogP contribution in [0.15, 0.2) is 18.2 Å². The molecule has 1 aromatic carbocycles. The van der Waals surface area contributed by atoms with E-state index >= 15 is 0 Å². The minimum absolute atomic E-state index is 0.145. The van der Waals surface area contributed by atoms with Crippen molar-refractivity contribution in [3.05, 3.63) is 29.6 Å². The summed E-state index contributed by atoms with van der Waals surface area (Å²) >= 11 is 3.47. The summed E-state index contributed by atoms with van der Waals surface area (Å²) in [5.74, 6) is 1.45. The largest absolute Gasteiger partial charge is 0.371 e. The van der Waals surface area contributed by atoms with Crippen LogP contribution in [-0.4, -0.2) is 13.1 Å². The van der Waals surface area contributed by atoms with Crippen LogP contribution < -0.4 is 4.90 Å². The van der Waals surface area contributed by atoms with E-state index in [1.165, 1.54) is 24.9 Å². The molecule has 106 valence electrons. The number of halogens is 2. The van der Waals surface area contributed by atoms with Crippen LogP contribution in [0.4, 0.5) is 10.1 Å². The van der Waals surface area contributed by atoms with Crippen molar-refractivity contribution < 1.29 is 4.39 Å². The molecule has 1 nitrogen and oxygen atoms in total. The van der Waals surface area contributed by atoms with Crippen LogP contribution in [0.3, 0.4) is 0 Å². The van der Waals surface area contributed by atoms with E-state index < -0.39 is 0 Å². The molecule has 1 aliphatic rings. The normalized spacial score (nSPS) is 20.7. The first-order chi connectivity index (χ1) is 9.11. The number of alkyl halides is 1. The first kappa shape index (κ1) is 14.8. The third kappa shape index (κ3) is 3.71. The topological polar surface area (TPSA) is 3.24 Å². The van der Waals surface area contributed by atoms with Crippen molar-refractivity contribution in [2.24, 2.45) is 11.8 Å². The third-order valence-corrected chi connectivity index (χ3v) is 4.85. The molecule has 0 aliphatic carbocycles. The standard InChI is InChI=1S/C16H23BrFN/c1-12(2)13-4-3-8-19(9-7-13)16-6-5-15(18)10-14(16)11-17/h5-6,10,12-13H,3-4,7-9,11H2,1-2H3. The molecule has 19 heavy (non-hydrogen) atoms. The summed E-state index contributed by atoms with van der Waals surface area (Å²) in [6.45, 7) is 6.83. The summed E-state index contributed by atoms with van der Waals surface area (Å²) in [7, 11) is 0. The van der Waals surface area contributed by atoms with Crippen molar-refractivity contribution in [2.45, 2.75) is 38.4 Å². The van der Waals surface area contributed by atoms with Crippen molar-refractivity contribution in [3.63, 3.8) is 0 Å². The van der Waals surface area contributed by atoms with Crippen LogP contribution in [0.25, 0.3) is 0 Å². The van der Waals surface area contributed by atoms with Gasteiger partial charge < -0.3 is 4.90 Å². The fourth-order valence-electron chi connectivity index (χ4n) is 3.00. The Kier molecular flexibility index (Phi) is 5.26. The summed E-state index contributed by atoms with van der Waals surface area (Å²) in [6.07, 6.45) is 3.80. The lowest BCUT2D eigenvalue weighted by Gasteiger charge is -2.25. The Morgan fingerprint density at radius 1 is 1.32 bits per heavy atom. The molecule has 0 bridgehead atoms. The van der Waals surface area contributed by atoms with E-state index in [1.807, 2.05) is 6.07 Å². The highest BCUT2D eigenvalue weighted by atomic mass is 79.9. The number of anilines is 1. The second-order valence-electron chi connectivity index (χ2n) is 5.83. The Morgan fingerprint density at radius 3 is 2.79 bits per heavy atom. The first-order valence-electron chi connectivity index (χ1n) is 7.21. The molecule has 0 spiro atoms. The lowest BCUT2D eigenvalue weighted by molar-refractivity contribution is 0.351. The van der Waals surface area contributed by atoms with E-state index in [9.17, 15) is 4.39 Å². The Bertz CT molecular complexity index is 419. The first-order valence-corrected chi connectivity index (χ1v) is 8.33. The van der Waals surface area contributed by atoms with Gasteiger partial charge in [0.1, 0.15) is 5.82 Å². The molecule has 0 amide bonds. The van der Waals surface area contributed by atoms with Crippen molar-refractivity contribution in [1.29, 1.82) is 0 Å². The van der Waals surface area contributed by atoms with E-state index in [4.69, 9.17) is 0 Å². The van der Waals surface area contributed by atoms with Gasteiger partial charge in [-0.05, 0) is 54.9 Å².